The zero-order valence-corrected chi connectivity index (χ0v) is 11.8. The van der Waals surface area contributed by atoms with Crippen LogP contribution in [0.2, 0.25) is 0 Å². The van der Waals surface area contributed by atoms with E-state index in [2.05, 4.69) is 10.6 Å². The van der Waals surface area contributed by atoms with Crippen LogP contribution in [-0.4, -0.2) is 17.7 Å². The predicted molar refractivity (Wildman–Crippen MR) is 79.4 cm³/mol. The van der Waals surface area contributed by atoms with E-state index in [0.717, 1.165) is 23.3 Å². The van der Waals surface area contributed by atoms with Crippen LogP contribution in [0.3, 0.4) is 0 Å². The lowest BCUT2D eigenvalue weighted by atomic mass is 10.1. The first-order valence-electron chi connectivity index (χ1n) is 6.77. The molecule has 2 amide bonds. The zero-order valence-electron chi connectivity index (χ0n) is 11.8. The Balaban J connectivity index is 1.82. The first-order chi connectivity index (χ1) is 10.6. The van der Waals surface area contributed by atoms with Crippen LogP contribution in [0.5, 0.6) is 0 Å². The van der Waals surface area contributed by atoms with E-state index in [1.165, 1.54) is 6.07 Å². The van der Waals surface area contributed by atoms with Crippen molar-refractivity contribution in [2.75, 3.05) is 11.9 Å². The van der Waals surface area contributed by atoms with Gasteiger partial charge in [0.25, 0.3) is 0 Å². The van der Waals surface area contributed by atoms with E-state index in [4.69, 9.17) is 5.11 Å². The molecule has 116 valence electrons. The minimum atomic E-state index is -0.824. The van der Waals surface area contributed by atoms with Gasteiger partial charge in [0.15, 0.2) is 0 Å². The lowest BCUT2D eigenvalue weighted by Gasteiger charge is -2.09. The first kappa shape index (κ1) is 15.9. The molecule has 0 spiro atoms. The third kappa shape index (κ3) is 4.26. The SMILES string of the molecule is O=C(NCCc1ccc(CO)cc1)Nc1c(F)cccc1F. The molecule has 2 aromatic carbocycles. The van der Waals surface area contributed by atoms with Crippen molar-refractivity contribution < 1.29 is 18.7 Å². The quantitative estimate of drug-likeness (QED) is 0.795. The van der Waals surface area contributed by atoms with Crippen LogP contribution < -0.4 is 10.6 Å². The number of carbonyl (C=O) groups is 1. The Bertz CT molecular complexity index is 625. The molecule has 0 radical (unpaired) electrons. The average molecular weight is 306 g/mol. The highest BCUT2D eigenvalue weighted by molar-refractivity contribution is 5.89. The van der Waals surface area contributed by atoms with Crippen molar-refractivity contribution in [1.29, 1.82) is 0 Å². The van der Waals surface area contributed by atoms with E-state index in [1.807, 2.05) is 12.1 Å². The number of aliphatic hydroxyl groups excluding tert-OH is 1. The third-order valence-corrected chi connectivity index (χ3v) is 3.11. The summed E-state index contributed by atoms with van der Waals surface area (Å²) in [5.74, 6) is -1.65. The standard InChI is InChI=1S/C16H16F2N2O2/c17-13-2-1-3-14(18)15(13)20-16(22)19-9-8-11-4-6-12(10-21)7-5-11/h1-7,21H,8-10H2,(H2,19,20,22). The number of rotatable bonds is 5. The third-order valence-electron chi connectivity index (χ3n) is 3.11. The normalized spacial score (nSPS) is 10.3. The number of hydrogen-bond donors (Lipinski definition) is 3. The molecule has 0 saturated carbocycles. The van der Waals surface area contributed by atoms with Gasteiger partial charge < -0.3 is 15.7 Å². The first-order valence-corrected chi connectivity index (χ1v) is 6.77. The molecule has 0 bridgehead atoms. The number of nitrogens with one attached hydrogen (secondary N) is 2. The molecule has 2 aromatic rings. The van der Waals surface area contributed by atoms with Gasteiger partial charge in [-0.05, 0) is 29.7 Å². The van der Waals surface area contributed by atoms with E-state index in [0.29, 0.717) is 13.0 Å². The summed E-state index contributed by atoms with van der Waals surface area (Å²) in [5, 5.41) is 13.6. The average Bonchev–Trinajstić information content (AvgIpc) is 2.52. The van der Waals surface area contributed by atoms with Crippen molar-refractivity contribution in [3.8, 4) is 0 Å². The van der Waals surface area contributed by atoms with E-state index in [1.54, 1.807) is 12.1 Å². The Morgan fingerprint density at radius 1 is 1.00 bits per heavy atom. The number of carbonyl (C=O) groups excluding carboxylic acids is 1. The largest absolute Gasteiger partial charge is 0.392 e. The number of aliphatic hydroxyl groups is 1. The Morgan fingerprint density at radius 2 is 1.59 bits per heavy atom. The van der Waals surface area contributed by atoms with Crippen molar-refractivity contribution in [2.45, 2.75) is 13.0 Å². The summed E-state index contributed by atoms with van der Waals surface area (Å²) in [6.07, 6.45) is 0.568. The molecule has 3 N–H and O–H groups in total. The molecule has 0 aromatic heterocycles. The van der Waals surface area contributed by atoms with Crippen molar-refractivity contribution in [2.24, 2.45) is 0 Å². The van der Waals surface area contributed by atoms with Crippen LogP contribution >= 0.6 is 0 Å². The number of urea groups is 1. The number of benzene rings is 2. The number of amides is 2. The second-order valence-electron chi connectivity index (χ2n) is 4.70. The molecule has 0 aliphatic heterocycles. The summed E-state index contributed by atoms with van der Waals surface area (Å²) in [5.41, 5.74) is 1.33. The minimum Gasteiger partial charge on any atom is -0.392 e. The van der Waals surface area contributed by atoms with E-state index in [-0.39, 0.29) is 6.61 Å². The summed E-state index contributed by atoms with van der Waals surface area (Å²) >= 11 is 0. The second-order valence-corrected chi connectivity index (χ2v) is 4.70. The summed E-state index contributed by atoms with van der Waals surface area (Å²) in [6, 6.07) is 9.99. The molecule has 0 unspecified atom stereocenters. The molecule has 6 heteroatoms. The molecule has 2 rings (SSSR count). The van der Waals surface area contributed by atoms with Gasteiger partial charge >= 0.3 is 6.03 Å². The summed E-state index contributed by atoms with van der Waals surface area (Å²) in [6.45, 7) is 0.301. The number of anilines is 1. The topological polar surface area (TPSA) is 61.4 Å². The fourth-order valence-corrected chi connectivity index (χ4v) is 1.91. The van der Waals surface area contributed by atoms with Gasteiger partial charge in [0.2, 0.25) is 0 Å². The van der Waals surface area contributed by atoms with Gasteiger partial charge in [-0.3, -0.25) is 0 Å². The molecule has 0 saturated heterocycles. The molecular formula is C16H16F2N2O2. The molecule has 0 aliphatic rings. The molecular weight excluding hydrogens is 290 g/mol. The Kier molecular flexibility index (Phi) is 5.43. The van der Waals surface area contributed by atoms with Gasteiger partial charge in [-0.25, -0.2) is 13.6 Å². The molecule has 0 fully saturated rings. The van der Waals surface area contributed by atoms with Gasteiger partial charge in [0.05, 0.1) is 6.61 Å². The Hall–Kier alpha value is -2.47. The van der Waals surface area contributed by atoms with Gasteiger partial charge in [-0.2, -0.15) is 0 Å². The van der Waals surface area contributed by atoms with Crippen molar-refractivity contribution in [3.05, 3.63) is 65.2 Å². The Labute approximate surface area is 126 Å². The Morgan fingerprint density at radius 3 is 2.18 bits per heavy atom. The highest BCUT2D eigenvalue weighted by Gasteiger charge is 2.11. The second kappa shape index (κ2) is 7.51. The minimum absolute atomic E-state index is 0.0187. The maximum atomic E-state index is 13.4. The van der Waals surface area contributed by atoms with Crippen LogP contribution in [0.15, 0.2) is 42.5 Å². The summed E-state index contributed by atoms with van der Waals surface area (Å²) in [7, 11) is 0. The fourth-order valence-electron chi connectivity index (χ4n) is 1.91. The van der Waals surface area contributed by atoms with Crippen LogP contribution in [0.1, 0.15) is 11.1 Å². The van der Waals surface area contributed by atoms with Crippen molar-refractivity contribution in [3.63, 3.8) is 0 Å². The fraction of sp³-hybridized carbons (Fsp3) is 0.188. The van der Waals surface area contributed by atoms with Gasteiger partial charge in [0.1, 0.15) is 17.3 Å². The molecule has 0 heterocycles. The number of para-hydroxylation sites is 1. The van der Waals surface area contributed by atoms with E-state index in [9.17, 15) is 13.6 Å². The van der Waals surface area contributed by atoms with Crippen molar-refractivity contribution in [1.82, 2.24) is 5.32 Å². The number of hydrogen-bond acceptors (Lipinski definition) is 2. The summed E-state index contributed by atoms with van der Waals surface area (Å²) in [4.78, 5) is 11.6. The molecule has 0 aliphatic carbocycles. The predicted octanol–water partition coefficient (Wildman–Crippen LogP) is 2.82. The lowest BCUT2D eigenvalue weighted by molar-refractivity contribution is 0.252. The van der Waals surface area contributed by atoms with E-state index < -0.39 is 23.4 Å². The maximum Gasteiger partial charge on any atom is 0.319 e. The van der Waals surface area contributed by atoms with Crippen molar-refractivity contribution >= 4 is 11.7 Å². The van der Waals surface area contributed by atoms with Gasteiger partial charge in [-0.1, -0.05) is 30.3 Å². The molecule has 0 atom stereocenters. The van der Waals surface area contributed by atoms with Crippen LogP contribution in [0.4, 0.5) is 19.3 Å². The highest BCUT2D eigenvalue weighted by atomic mass is 19.1. The van der Waals surface area contributed by atoms with Gasteiger partial charge in [0, 0.05) is 6.54 Å². The van der Waals surface area contributed by atoms with Crippen LogP contribution in [0.25, 0.3) is 0 Å². The highest BCUT2D eigenvalue weighted by Crippen LogP contribution is 2.17. The smallest absolute Gasteiger partial charge is 0.319 e. The molecule has 4 nitrogen and oxygen atoms in total. The lowest BCUT2D eigenvalue weighted by Crippen LogP contribution is -2.31. The van der Waals surface area contributed by atoms with E-state index >= 15 is 0 Å². The van der Waals surface area contributed by atoms with Crippen LogP contribution in [-0.2, 0) is 13.0 Å². The number of halogens is 2. The van der Waals surface area contributed by atoms with Gasteiger partial charge in [-0.15, -0.1) is 0 Å². The summed E-state index contributed by atoms with van der Waals surface area (Å²) < 4.78 is 26.7. The zero-order chi connectivity index (χ0) is 15.9. The monoisotopic (exact) mass is 306 g/mol. The molecule has 22 heavy (non-hydrogen) atoms. The maximum absolute atomic E-state index is 13.4. The van der Waals surface area contributed by atoms with Crippen LogP contribution in [0, 0.1) is 11.6 Å².